The van der Waals surface area contributed by atoms with E-state index < -0.39 is 74.3 Å². The zero-order chi connectivity index (χ0) is 26.5. The van der Waals surface area contributed by atoms with E-state index in [0.29, 0.717) is 26.2 Å². The SMILES string of the molecule is NCCN.NCCN.O=C([O-])CCC(=O)[O-].O=C([O-])CCC(=O)[O-].O=C([O-])CCC(=O)[O-].[Na+].[Na+].[Na+].[Na+].[Na+].[Na+]. The predicted molar refractivity (Wildman–Crippen MR) is 94.0 cm³/mol. The summed E-state index contributed by atoms with van der Waals surface area (Å²) in [4.78, 5) is 57.0. The van der Waals surface area contributed by atoms with Crippen LogP contribution in [-0.2, 0) is 28.8 Å². The summed E-state index contributed by atoms with van der Waals surface area (Å²) < 4.78 is 0. The quantitative estimate of drug-likeness (QED) is 0.159. The molecule has 0 aliphatic rings. The molecule has 8 N–H and O–H groups in total. The third-order valence-electron chi connectivity index (χ3n) is 1.93. The molecule has 0 saturated heterocycles. The van der Waals surface area contributed by atoms with Gasteiger partial charge in [0.25, 0.3) is 0 Å². The minimum atomic E-state index is -1.37. The van der Waals surface area contributed by atoms with Crippen LogP contribution in [0.1, 0.15) is 38.5 Å². The molecule has 0 radical (unpaired) electrons. The van der Waals surface area contributed by atoms with Gasteiger partial charge in [-0.25, -0.2) is 0 Å². The van der Waals surface area contributed by atoms with Crippen molar-refractivity contribution in [2.45, 2.75) is 38.5 Å². The van der Waals surface area contributed by atoms with E-state index in [4.69, 9.17) is 22.9 Å². The van der Waals surface area contributed by atoms with Crippen molar-refractivity contribution in [2.24, 2.45) is 22.9 Å². The summed E-state index contributed by atoms with van der Waals surface area (Å²) in [5, 5.41) is 57.0. The van der Waals surface area contributed by atoms with Crippen molar-refractivity contribution >= 4 is 35.8 Å². The average Bonchev–Trinajstić information content (AvgIpc) is 2.70. The maximum Gasteiger partial charge on any atom is 1.00 e. The van der Waals surface area contributed by atoms with Crippen molar-refractivity contribution in [2.75, 3.05) is 26.2 Å². The number of carboxylic acids is 6. The van der Waals surface area contributed by atoms with E-state index in [1.807, 2.05) is 0 Å². The Hall–Kier alpha value is 2.66. The molecule has 38 heavy (non-hydrogen) atoms. The van der Waals surface area contributed by atoms with Crippen molar-refractivity contribution < 1.29 is 237 Å². The van der Waals surface area contributed by atoms with Crippen molar-refractivity contribution in [3.63, 3.8) is 0 Å². The number of aliphatic carboxylic acids is 6. The second-order valence-corrected chi connectivity index (χ2v) is 4.89. The molecular weight excluding hydrogens is 578 g/mol. The predicted octanol–water partition coefficient (Wildman–Crippen LogP) is -28.4. The largest absolute Gasteiger partial charge is 1.00 e. The molecule has 0 rings (SSSR count). The molecule has 0 aromatic heterocycles. The Labute approximate surface area is 354 Å². The van der Waals surface area contributed by atoms with Crippen LogP contribution in [0.3, 0.4) is 0 Å². The smallest absolute Gasteiger partial charge is 0.550 e. The number of carbonyl (C=O) groups excluding carboxylic acids is 6. The number of carboxylic acid groups (broad SMARTS) is 6. The molecule has 0 fully saturated rings. The van der Waals surface area contributed by atoms with Gasteiger partial charge in [0.1, 0.15) is 0 Å². The number of nitrogens with two attached hydrogens (primary N) is 4. The number of rotatable bonds is 11. The topological polar surface area (TPSA) is 345 Å². The second-order valence-electron chi connectivity index (χ2n) is 4.89. The van der Waals surface area contributed by atoms with Crippen LogP contribution in [0.15, 0.2) is 0 Å². The van der Waals surface area contributed by atoms with Crippen LogP contribution in [0, 0.1) is 0 Å². The van der Waals surface area contributed by atoms with Crippen molar-refractivity contribution in [3.8, 4) is 0 Å². The van der Waals surface area contributed by atoms with Gasteiger partial charge in [-0.3, -0.25) is 0 Å². The van der Waals surface area contributed by atoms with Crippen LogP contribution in [-0.4, -0.2) is 62.0 Å². The molecule has 0 atom stereocenters. The van der Waals surface area contributed by atoms with Crippen molar-refractivity contribution in [1.29, 1.82) is 0 Å². The van der Waals surface area contributed by atoms with E-state index in [2.05, 4.69) is 0 Å². The van der Waals surface area contributed by atoms with E-state index in [1.165, 1.54) is 0 Å². The summed E-state index contributed by atoms with van der Waals surface area (Å²) in [6.07, 6.45) is -2.82. The van der Waals surface area contributed by atoms with Gasteiger partial charge < -0.3 is 82.3 Å². The standard InChI is InChI=1S/3C4H6O4.2C2H8N2.6Na/c3*5-3(6)1-2-4(7)8;2*3-1-2-4;;;;;;/h3*1-2H2,(H,5,6)(H,7,8);2*1-4H2;;;;;;/q;;;;;6*+1/p-6. The Morgan fingerprint density at radius 2 is 0.395 bits per heavy atom. The number of hydrogen-bond donors (Lipinski definition) is 4. The fourth-order valence-corrected chi connectivity index (χ4v) is 0.612. The molecule has 0 aliphatic heterocycles. The Balaban J connectivity index is -0.0000000263. The first-order valence-corrected chi connectivity index (χ1v) is 8.70. The third-order valence-corrected chi connectivity index (χ3v) is 1.93. The number of carbonyl (C=O) groups is 6. The summed E-state index contributed by atoms with van der Waals surface area (Å²) >= 11 is 0. The maximum absolute atomic E-state index is 9.50. The van der Waals surface area contributed by atoms with Crippen LogP contribution in [0.2, 0.25) is 0 Å². The first-order chi connectivity index (χ1) is 14.7. The van der Waals surface area contributed by atoms with Gasteiger partial charge in [0.2, 0.25) is 0 Å². The van der Waals surface area contributed by atoms with E-state index >= 15 is 0 Å². The van der Waals surface area contributed by atoms with Crippen LogP contribution in [0.5, 0.6) is 0 Å². The molecular formula is C16H28N4Na6O12. The van der Waals surface area contributed by atoms with E-state index in [9.17, 15) is 59.4 Å². The Morgan fingerprint density at radius 1 is 0.316 bits per heavy atom. The number of hydrogen-bond acceptors (Lipinski definition) is 16. The molecule has 190 valence electrons. The molecule has 16 nitrogen and oxygen atoms in total. The minimum Gasteiger partial charge on any atom is -0.550 e. The first kappa shape index (κ1) is 72.7. The molecule has 0 aromatic carbocycles. The monoisotopic (exact) mass is 606 g/mol. The minimum absolute atomic E-state index is 0. The molecule has 0 saturated carbocycles. The van der Waals surface area contributed by atoms with Crippen LogP contribution >= 0.6 is 0 Å². The maximum atomic E-state index is 9.50. The molecule has 22 heteroatoms. The fraction of sp³-hybridized carbons (Fsp3) is 0.625. The zero-order valence-corrected chi connectivity index (χ0v) is 35.3. The Kier molecular flexibility index (Phi) is 121. The molecule has 0 bridgehead atoms. The summed E-state index contributed by atoms with van der Waals surface area (Å²) in [6.45, 7) is 2.39. The van der Waals surface area contributed by atoms with Crippen molar-refractivity contribution in [1.82, 2.24) is 0 Å². The van der Waals surface area contributed by atoms with Gasteiger partial charge in [-0.2, -0.15) is 0 Å². The zero-order valence-electron chi connectivity index (χ0n) is 23.3. The molecule has 0 amide bonds. The fourth-order valence-electron chi connectivity index (χ4n) is 0.612. The van der Waals surface area contributed by atoms with Crippen LogP contribution in [0.25, 0.3) is 0 Å². The van der Waals surface area contributed by atoms with Gasteiger partial charge in [0, 0.05) is 62.0 Å². The Morgan fingerprint density at radius 3 is 0.421 bits per heavy atom. The van der Waals surface area contributed by atoms with E-state index in [1.54, 1.807) is 0 Å². The van der Waals surface area contributed by atoms with Gasteiger partial charge in [0.15, 0.2) is 0 Å². The second kappa shape index (κ2) is 63.1. The van der Waals surface area contributed by atoms with E-state index in [0.717, 1.165) is 0 Å². The molecule has 0 unspecified atom stereocenters. The normalized spacial score (nSPS) is 6.95. The summed E-state index contributed by atoms with van der Waals surface area (Å²) in [6, 6.07) is 0. The van der Waals surface area contributed by atoms with Crippen molar-refractivity contribution in [3.05, 3.63) is 0 Å². The third kappa shape index (κ3) is 142. The van der Waals surface area contributed by atoms with Gasteiger partial charge in [-0.05, 0) is 38.5 Å². The summed E-state index contributed by atoms with van der Waals surface area (Å²) in [5.41, 5.74) is 19.6. The summed E-state index contributed by atoms with van der Waals surface area (Å²) in [7, 11) is 0. The van der Waals surface area contributed by atoms with E-state index in [-0.39, 0.29) is 177 Å². The molecule has 0 aliphatic carbocycles. The average molecular weight is 606 g/mol. The molecule has 0 aromatic rings. The van der Waals surface area contributed by atoms with Gasteiger partial charge in [0.05, 0.1) is 0 Å². The van der Waals surface area contributed by atoms with Gasteiger partial charge in [-0.15, -0.1) is 0 Å². The van der Waals surface area contributed by atoms with Crippen LogP contribution in [0.4, 0.5) is 0 Å². The molecule has 0 spiro atoms. The first-order valence-electron chi connectivity index (χ1n) is 8.70. The van der Waals surface area contributed by atoms with Gasteiger partial charge in [-0.1, -0.05) is 0 Å². The summed E-state index contributed by atoms with van der Waals surface area (Å²) in [5.74, 6) is -8.20. The van der Waals surface area contributed by atoms with Gasteiger partial charge >= 0.3 is 177 Å². The van der Waals surface area contributed by atoms with Crippen LogP contribution < -0.4 is 231 Å². The Bertz CT molecular complexity index is 436. The molecule has 0 heterocycles.